The van der Waals surface area contributed by atoms with Crippen molar-refractivity contribution in [1.29, 1.82) is 0 Å². The number of carbonyl (C=O) groups is 2. The Morgan fingerprint density at radius 3 is 3.04 bits per heavy atom. The first-order valence-corrected chi connectivity index (χ1v) is 8.79. The molecule has 1 spiro atoms. The number of aromatic nitrogens is 2. The molecule has 0 saturated carbocycles. The number of H-pyrrole nitrogens is 1. The molecule has 0 bridgehead atoms. The average Bonchev–Trinajstić information content (AvgIpc) is 3.10. The summed E-state index contributed by atoms with van der Waals surface area (Å²) < 4.78 is 5.16. The number of aromatic amines is 1. The van der Waals surface area contributed by atoms with Gasteiger partial charge in [-0.15, -0.1) is 0 Å². The Balaban J connectivity index is 1.62. The first kappa shape index (κ1) is 16.8. The third-order valence-electron chi connectivity index (χ3n) is 5.14. The number of hydrogen-bond acceptors (Lipinski definition) is 4. The van der Waals surface area contributed by atoms with E-state index in [1.54, 1.807) is 12.5 Å². The number of amides is 2. The molecule has 132 valence electrons. The predicted octanol–water partition coefficient (Wildman–Crippen LogP) is 1.81. The van der Waals surface area contributed by atoms with E-state index >= 15 is 0 Å². The van der Waals surface area contributed by atoms with Gasteiger partial charge in [0.25, 0.3) is 0 Å². The maximum atomic E-state index is 12.3. The monoisotopic (exact) mass is 334 g/mol. The SMILES string of the molecule is CCOC(=O)N1CCC[C@@]2(CCC(=O)N(CCc3cnc[nH]3)C2)C1. The van der Waals surface area contributed by atoms with E-state index in [4.69, 9.17) is 4.74 Å². The summed E-state index contributed by atoms with van der Waals surface area (Å²) in [7, 11) is 0. The molecule has 1 aromatic rings. The Bertz CT molecular complexity index is 574. The van der Waals surface area contributed by atoms with Crippen molar-refractivity contribution in [3.63, 3.8) is 0 Å². The van der Waals surface area contributed by atoms with E-state index in [0.29, 0.717) is 26.1 Å². The van der Waals surface area contributed by atoms with Gasteiger partial charge in [0.2, 0.25) is 5.91 Å². The molecule has 2 amide bonds. The van der Waals surface area contributed by atoms with Gasteiger partial charge in [-0.3, -0.25) is 4.79 Å². The first-order valence-electron chi connectivity index (χ1n) is 8.79. The van der Waals surface area contributed by atoms with Gasteiger partial charge < -0.3 is 19.5 Å². The number of nitrogens with zero attached hydrogens (tertiary/aromatic N) is 3. The van der Waals surface area contributed by atoms with E-state index in [2.05, 4.69) is 9.97 Å². The molecule has 1 aromatic heterocycles. The van der Waals surface area contributed by atoms with Crippen molar-refractivity contribution < 1.29 is 14.3 Å². The quantitative estimate of drug-likeness (QED) is 0.911. The standard InChI is InChI=1S/C17H26N4O3/c1-2-24-16(23)21-8-3-6-17(12-21)7-4-15(22)20(11-17)9-5-14-10-18-13-19-14/h10,13H,2-9,11-12H2,1H3,(H,18,19)/t17-/m0/s1. The van der Waals surface area contributed by atoms with Crippen LogP contribution in [0.25, 0.3) is 0 Å². The fourth-order valence-electron chi connectivity index (χ4n) is 3.89. The molecule has 0 unspecified atom stereocenters. The fourth-order valence-corrected chi connectivity index (χ4v) is 3.89. The second-order valence-corrected chi connectivity index (χ2v) is 6.87. The minimum absolute atomic E-state index is 0.0207. The second-order valence-electron chi connectivity index (χ2n) is 6.87. The molecular weight excluding hydrogens is 308 g/mol. The van der Waals surface area contributed by atoms with Gasteiger partial charge in [0.15, 0.2) is 0 Å². The zero-order valence-corrected chi connectivity index (χ0v) is 14.3. The highest BCUT2D eigenvalue weighted by atomic mass is 16.6. The lowest BCUT2D eigenvalue weighted by atomic mass is 9.73. The van der Waals surface area contributed by atoms with E-state index in [-0.39, 0.29) is 17.4 Å². The van der Waals surface area contributed by atoms with Gasteiger partial charge in [-0.1, -0.05) is 0 Å². The van der Waals surface area contributed by atoms with Gasteiger partial charge in [0.1, 0.15) is 0 Å². The molecule has 3 heterocycles. The summed E-state index contributed by atoms with van der Waals surface area (Å²) >= 11 is 0. The Hall–Kier alpha value is -2.05. The average molecular weight is 334 g/mol. The van der Waals surface area contributed by atoms with Crippen molar-refractivity contribution in [2.24, 2.45) is 5.41 Å². The molecule has 3 rings (SSSR count). The molecule has 7 nitrogen and oxygen atoms in total. The predicted molar refractivity (Wildman–Crippen MR) is 88.4 cm³/mol. The topological polar surface area (TPSA) is 78.5 Å². The van der Waals surface area contributed by atoms with Crippen LogP contribution in [0.4, 0.5) is 4.79 Å². The number of imidazole rings is 1. The maximum Gasteiger partial charge on any atom is 0.409 e. The van der Waals surface area contributed by atoms with Crippen LogP contribution in [-0.2, 0) is 16.0 Å². The van der Waals surface area contributed by atoms with Gasteiger partial charge in [-0.05, 0) is 26.2 Å². The van der Waals surface area contributed by atoms with E-state index < -0.39 is 0 Å². The van der Waals surface area contributed by atoms with Crippen LogP contribution in [0.1, 0.15) is 38.3 Å². The van der Waals surface area contributed by atoms with Crippen molar-refractivity contribution in [2.45, 2.75) is 39.0 Å². The summed E-state index contributed by atoms with van der Waals surface area (Å²) in [4.78, 5) is 35.2. The number of hydrogen-bond donors (Lipinski definition) is 1. The zero-order chi connectivity index (χ0) is 17.0. The Kier molecular flexibility index (Phi) is 5.06. The molecular formula is C17H26N4O3. The molecule has 2 fully saturated rings. The van der Waals surface area contributed by atoms with Gasteiger partial charge in [0, 0.05) is 56.3 Å². The lowest BCUT2D eigenvalue weighted by Crippen LogP contribution is -2.55. The molecule has 0 aliphatic carbocycles. The largest absolute Gasteiger partial charge is 0.450 e. The molecule has 1 atom stereocenters. The van der Waals surface area contributed by atoms with Crippen LogP contribution >= 0.6 is 0 Å². The van der Waals surface area contributed by atoms with Crippen LogP contribution in [0, 0.1) is 5.41 Å². The number of piperidine rings is 2. The minimum Gasteiger partial charge on any atom is -0.450 e. The highest BCUT2D eigenvalue weighted by Gasteiger charge is 2.42. The number of ether oxygens (including phenoxy) is 1. The summed E-state index contributed by atoms with van der Waals surface area (Å²) in [6.07, 6.45) is 7.49. The highest BCUT2D eigenvalue weighted by Crippen LogP contribution is 2.39. The Labute approximate surface area is 142 Å². The van der Waals surface area contributed by atoms with E-state index in [9.17, 15) is 9.59 Å². The Morgan fingerprint density at radius 1 is 1.42 bits per heavy atom. The fraction of sp³-hybridized carbons (Fsp3) is 0.706. The van der Waals surface area contributed by atoms with Gasteiger partial charge in [-0.2, -0.15) is 0 Å². The van der Waals surface area contributed by atoms with Crippen LogP contribution < -0.4 is 0 Å². The summed E-state index contributed by atoms with van der Waals surface area (Å²) in [5.74, 6) is 0.216. The third-order valence-corrected chi connectivity index (χ3v) is 5.14. The summed E-state index contributed by atoms with van der Waals surface area (Å²) in [5.41, 5.74) is 1.06. The highest BCUT2D eigenvalue weighted by molar-refractivity contribution is 5.77. The molecule has 0 radical (unpaired) electrons. The smallest absolute Gasteiger partial charge is 0.409 e. The number of likely N-dealkylation sites (tertiary alicyclic amines) is 2. The zero-order valence-electron chi connectivity index (χ0n) is 14.3. The van der Waals surface area contributed by atoms with E-state index in [1.165, 1.54) is 0 Å². The molecule has 7 heteroatoms. The van der Waals surface area contributed by atoms with E-state index in [0.717, 1.165) is 44.5 Å². The lowest BCUT2D eigenvalue weighted by Gasteiger charge is -2.47. The van der Waals surface area contributed by atoms with Crippen molar-refractivity contribution in [3.8, 4) is 0 Å². The molecule has 1 N–H and O–H groups in total. The molecule has 2 saturated heterocycles. The van der Waals surface area contributed by atoms with Crippen LogP contribution in [0.15, 0.2) is 12.5 Å². The van der Waals surface area contributed by atoms with Gasteiger partial charge >= 0.3 is 6.09 Å². The van der Waals surface area contributed by atoms with Crippen molar-refractivity contribution in [3.05, 3.63) is 18.2 Å². The van der Waals surface area contributed by atoms with Gasteiger partial charge in [-0.25, -0.2) is 9.78 Å². The van der Waals surface area contributed by atoms with E-state index in [1.807, 2.05) is 16.7 Å². The minimum atomic E-state index is -0.225. The van der Waals surface area contributed by atoms with Gasteiger partial charge in [0.05, 0.1) is 12.9 Å². The summed E-state index contributed by atoms with van der Waals surface area (Å²) in [6, 6.07) is 0. The maximum absolute atomic E-state index is 12.3. The second kappa shape index (κ2) is 7.23. The molecule has 24 heavy (non-hydrogen) atoms. The number of carbonyl (C=O) groups excluding carboxylic acids is 2. The third kappa shape index (κ3) is 3.71. The first-order chi connectivity index (χ1) is 11.6. The summed E-state index contributed by atoms with van der Waals surface area (Å²) in [6.45, 7) is 5.10. The molecule has 2 aliphatic rings. The van der Waals surface area contributed by atoms with Crippen LogP contribution in [0.2, 0.25) is 0 Å². The lowest BCUT2D eigenvalue weighted by molar-refractivity contribution is -0.139. The van der Waals surface area contributed by atoms with Crippen molar-refractivity contribution in [2.75, 3.05) is 32.8 Å². The van der Waals surface area contributed by atoms with Crippen LogP contribution in [0.3, 0.4) is 0 Å². The normalized spacial score (nSPS) is 24.5. The van der Waals surface area contributed by atoms with Crippen molar-refractivity contribution >= 4 is 12.0 Å². The van der Waals surface area contributed by atoms with Crippen LogP contribution in [0.5, 0.6) is 0 Å². The number of nitrogens with one attached hydrogen (secondary N) is 1. The number of rotatable bonds is 4. The molecule has 2 aliphatic heterocycles. The summed E-state index contributed by atoms with van der Waals surface area (Å²) in [5, 5.41) is 0. The Morgan fingerprint density at radius 2 is 2.29 bits per heavy atom. The molecule has 0 aromatic carbocycles. The van der Waals surface area contributed by atoms with Crippen molar-refractivity contribution in [1.82, 2.24) is 19.8 Å². The van der Waals surface area contributed by atoms with Crippen LogP contribution in [-0.4, -0.2) is 64.6 Å².